The fraction of sp³-hybridized carbons (Fsp3) is 0.318. The van der Waals surface area contributed by atoms with Crippen molar-refractivity contribution in [1.29, 1.82) is 0 Å². The minimum absolute atomic E-state index is 0.0635. The maximum Gasteiger partial charge on any atom is 0.309 e. The number of carbonyl (C=O) groups is 1. The van der Waals surface area contributed by atoms with Gasteiger partial charge in [-0.05, 0) is 104 Å². The first-order valence-corrected chi connectivity index (χ1v) is 44.1. The summed E-state index contributed by atoms with van der Waals surface area (Å²) in [5.41, 5.74) is 8.13. The van der Waals surface area contributed by atoms with Crippen LogP contribution in [0.4, 0.5) is 5.69 Å². The molecule has 2 aliphatic rings. The Hall–Kier alpha value is 4.87. The van der Waals surface area contributed by atoms with E-state index in [1.165, 1.54) is 12.7 Å². The number of rotatable bonds is 9. The quantitative estimate of drug-likeness (QED) is 0.0889. The summed E-state index contributed by atoms with van der Waals surface area (Å²) in [6, 6.07) is 15.4. The van der Waals surface area contributed by atoms with E-state index in [9.17, 15) is 13.2 Å². The Bertz CT molecular complexity index is 1390. The maximum absolute atomic E-state index is 11.2. The third-order valence-corrected chi connectivity index (χ3v) is 104. The highest BCUT2D eigenvalue weighted by Crippen LogP contribution is 3.24. The molecule has 2 N–H and O–H groups in total. The molecule has 0 heterocycles. The van der Waals surface area contributed by atoms with Gasteiger partial charge in [0.1, 0.15) is 0 Å². The molecule has 2 fully saturated rings. The Labute approximate surface area is 317 Å². The monoisotopic (exact) mass is 1020 g/mol. The summed E-state index contributed by atoms with van der Waals surface area (Å²) in [5, 5.41) is -0.214. The van der Waals surface area contributed by atoms with Crippen LogP contribution in [0.5, 0.6) is 0 Å². The number of esters is 1. The van der Waals surface area contributed by atoms with E-state index in [4.69, 9.17) is 27.6 Å². The van der Waals surface area contributed by atoms with E-state index < -0.39 is 9.05 Å². The highest BCUT2D eigenvalue weighted by molar-refractivity contribution is 9.30. The molecular weight excluding hydrogens is 985 g/mol. The normalized spacial score (nSPS) is 18.3. The first-order chi connectivity index (χ1) is 21.4. The Morgan fingerprint density at radius 1 is 0.935 bits per heavy atom. The zero-order valence-corrected chi connectivity index (χ0v) is 44.6. The zero-order valence-electron chi connectivity index (χ0n) is 24.8. The molecule has 0 aliphatic heterocycles. The Balaban J connectivity index is 0.000000320. The van der Waals surface area contributed by atoms with Gasteiger partial charge >= 0.3 is 5.97 Å². The predicted octanol–water partition coefficient (Wildman–Crippen LogP) is 13.7. The molecule has 2 saturated carbocycles. The number of hydrogen-bond acceptors (Lipinski definition) is 5. The number of nitrogens with two attached hydrogens (primary N) is 1. The van der Waals surface area contributed by atoms with Gasteiger partial charge in [-0.3, -0.25) is 4.79 Å². The van der Waals surface area contributed by atoms with Crippen molar-refractivity contribution in [3.8, 4) is 12.3 Å². The summed E-state index contributed by atoms with van der Waals surface area (Å²) in [6.45, 7) is 0.740. The molecule has 2 aromatic rings. The van der Waals surface area contributed by atoms with Gasteiger partial charge in [-0.25, -0.2) is 8.42 Å². The molecule has 2 aliphatic carbocycles. The lowest BCUT2D eigenvalue weighted by atomic mass is 10.1. The van der Waals surface area contributed by atoms with Crippen molar-refractivity contribution in [3.63, 3.8) is 0 Å². The van der Waals surface area contributed by atoms with Crippen molar-refractivity contribution in [2.24, 2.45) is 5.92 Å². The summed E-state index contributed by atoms with van der Waals surface area (Å²) in [5.74, 6) is 2.82. The SMILES string of the molecule is C#Cc1ccccc1N.COC(=O)C1CC1c1cccc(Br)c1.O=S(=O)(Cl)C1CC1.PP(P)P(P)P(P(P)P)P(P(P)P)P(P)P. The van der Waals surface area contributed by atoms with Gasteiger partial charge in [0.05, 0.1) is 18.3 Å². The zero-order chi connectivity index (χ0) is 35.4. The lowest BCUT2D eigenvalue weighted by Crippen LogP contribution is -2.03. The Morgan fingerprint density at radius 2 is 1.48 bits per heavy atom. The lowest BCUT2D eigenvalue weighted by Gasteiger charge is -2.40. The molecule has 0 saturated heterocycles. The van der Waals surface area contributed by atoms with E-state index in [1.54, 1.807) is 6.07 Å². The van der Waals surface area contributed by atoms with Crippen molar-refractivity contribution in [2.45, 2.75) is 30.4 Å². The molecule has 0 bridgehead atoms. The number of anilines is 1. The van der Waals surface area contributed by atoms with Crippen LogP contribution in [0.2, 0.25) is 0 Å². The van der Waals surface area contributed by atoms with E-state index in [0.29, 0.717) is 11.6 Å². The van der Waals surface area contributed by atoms with Gasteiger partial charge in [-0.2, -0.15) is 0 Å². The van der Waals surface area contributed by atoms with Crippen LogP contribution >= 0.6 is 156 Å². The van der Waals surface area contributed by atoms with E-state index in [0.717, 1.165) is 29.3 Å². The van der Waals surface area contributed by atoms with Crippen LogP contribution in [-0.2, 0) is 18.6 Å². The van der Waals surface area contributed by atoms with Gasteiger partial charge < -0.3 is 10.5 Å². The van der Waals surface area contributed by atoms with Crippen LogP contribution in [0, 0.1) is 18.3 Å². The molecule has 5 nitrogen and oxygen atoms in total. The van der Waals surface area contributed by atoms with Crippen molar-refractivity contribution in [3.05, 3.63) is 64.1 Å². The minimum Gasteiger partial charge on any atom is -0.469 e. The number of ether oxygens (including phenoxy) is 1. The second kappa shape index (κ2) is 25.1. The average Bonchev–Trinajstić information content (AvgIpc) is 3.89. The summed E-state index contributed by atoms with van der Waals surface area (Å²) in [6.07, 6.45) is 7.55. The molecule has 46 heavy (non-hydrogen) atoms. The summed E-state index contributed by atoms with van der Waals surface area (Å²) in [7, 11) is 31.0. The molecule has 4 rings (SSSR count). The topological polar surface area (TPSA) is 86.5 Å². The molecule has 13 atom stereocenters. The molecule has 0 radical (unpaired) electrons. The average molecular weight is 1030 g/mol. The number of benzene rings is 2. The van der Waals surface area contributed by atoms with E-state index in [2.05, 4.69) is 114 Å². The van der Waals surface area contributed by atoms with Crippen molar-refractivity contribution >= 4 is 177 Å². The molecule has 0 amide bonds. The van der Waals surface area contributed by atoms with E-state index in [1.807, 2.05) is 30.3 Å². The molecule has 2 aromatic carbocycles. The molecule has 24 heteroatoms. The van der Waals surface area contributed by atoms with Crippen LogP contribution in [0.25, 0.3) is 0 Å². The molecule has 0 spiro atoms. The van der Waals surface area contributed by atoms with Gasteiger partial charge in [0.2, 0.25) is 9.05 Å². The van der Waals surface area contributed by atoms with Gasteiger partial charge in [0.25, 0.3) is 0 Å². The number of para-hydroxylation sites is 1. The number of methoxy groups -OCH3 is 1. The molecule has 258 valence electrons. The second-order valence-electron chi connectivity index (χ2n) is 9.31. The van der Waals surface area contributed by atoms with Gasteiger partial charge in [-0.15, -0.1) is 86.8 Å². The van der Waals surface area contributed by atoms with Crippen LogP contribution in [0.3, 0.4) is 0 Å². The van der Waals surface area contributed by atoms with Gasteiger partial charge in [-0.1, -0.05) is 46.1 Å². The van der Waals surface area contributed by atoms with Crippen LogP contribution in [-0.4, -0.2) is 26.7 Å². The van der Waals surface area contributed by atoms with E-state index in [-0.39, 0.29) is 66.0 Å². The first kappa shape index (κ1) is 48.9. The standard InChI is InChI=1S/C11H11BrO2.C8H7N.C3H5ClO2S.H18P16/c1-14-11(13)10-6-9(10)7-3-2-4-8(12)5-7;1-2-7-5-3-4-6-8(7)9;4-7(5,6)3-1-2-3;1-10(2)14(9)16(13(7)8)15(11(3)4)12(5)6/h2-5,9-10H,6H2,1H3;1,3-6H,9H2;3H,1-2H2;1-9H2. The summed E-state index contributed by atoms with van der Waals surface area (Å²) in [4.78, 5) is 11.2. The van der Waals surface area contributed by atoms with Crippen LogP contribution in [0.15, 0.2) is 53.0 Å². The fourth-order valence-corrected chi connectivity index (χ4v) is 169. The highest BCUT2D eigenvalue weighted by Gasteiger charge is 2.44. The first-order valence-electron chi connectivity index (χ1n) is 12.8. The highest BCUT2D eigenvalue weighted by atomic mass is 79.9. The summed E-state index contributed by atoms with van der Waals surface area (Å²) >= 11 is 3.42. The lowest BCUT2D eigenvalue weighted by molar-refractivity contribution is -0.142. The number of halogens is 2. The third-order valence-electron chi connectivity index (χ3n) is 5.81. The largest absolute Gasteiger partial charge is 0.469 e. The van der Waals surface area contributed by atoms with Crippen LogP contribution in [0.1, 0.15) is 36.3 Å². The predicted molar refractivity (Wildman–Crippen MR) is 259 cm³/mol. The third kappa shape index (κ3) is 19.0. The van der Waals surface area contributed by atoms with Crippen molar-refractivity contribution in [2.75, 3.05) is 12.8 Å². The van der Waals surface area contributed by atoms with Gasteiger partial charge in [0.15, 0.2) is 0 Å². The Kier molecular flexibility index (Phi) is 26.7. The second-order valence-corrected chi connectivity index (χ2v) is 74.9. The molecule has 13 unspecified atom stereocenters. The maximum atomic E-state index is 11.2. The number of nitrogen functional groups attached to an aromatic ring is 1. The van der Waals surface area contributed by atoms with Crippen molar-refractivity contribution in [1.82, 2.24) is 0 Å². The molecular formula is C22H41BrClNO4P16S. The Morgan fingerprint density at radius 3 is 1.83 bits per heavy atom. The fourth-order valence-electron chi connectivity index (χ4n) is 3.37. The van der Waals surface area contributed by atoms with Crippen LogP contribution < -0.4 is 5.73 Å². The number of hydrogen-bond donors (Lipinski definition) is 1. The number of terminal acetylenes is 1. The van der Waals surface area contributed by atoms with E-state index >= 15 is 0 Å². The number of carbonyl (C=O) groups excluding carboxylic acids is 1. The smallest absolute Gasteiger partial charge is 0.309 e. The summed E-state index contributed by atoms with van der Waals surface area (Å²) < 4.78 is 26.1. The molecule has 0 aromatic heterocycles. The van der Waals surface area contributed by atoms with Crippen molar-refractivity contribution < 1.29 is 17.9 Å². The van der Waals surface area contributed by atoms with Gasteiger partial charge in [0, 0.05) is 26.4 Å². The minimum atomic E-state index is -3.16.